The number of sulfone groups is 1. The molecule has 42 heavy (non-hydrogen) atoms. The van der Waals surface area contributed by atoms with Crippen LogP contribution in [0.3, 0.4) is 0 Å². The van der Waals surface area contributed by atoms with Crippen LogP contribution in [0.5, 0.6) is 5.75 Å². The molecule has 0 unspecified atom stereocenters. The maximum atomic E-state index is 13.8. The number of nitrogens with zero attached hydrogens (tertiary/aromatic N) is 2. The van der Waals surface area contributed by atoms with Gasteiger partial charge in [0.1, 0.15) is 22.7 Å². The Labute approximate surface area is 236 Å². The summed E-state index contributed by atoms with van der Waals surface area (Å²) in [6.45, 7) is -0.680. The Balaban J connectivity index is 1.42. The van der Waals surface area contributed by atoms with E-state index in [1.807, 2.05) is 6.07 Å². The van der Waals surface area contributed by atoms with Gasteiger partial charge in [0.2, 0.25) is 11.8 Å². The van der Waals surface area contributed by atoms with Gasteiger partial charge in [-0.2, -0.15) is 18.4 Å². The highest BCUT2D eigenvalue weighted by Gasteiger charge is 2.70. The van der Waals surface area contributed by atoms with Crippen molar-refractivity contribution >= 4 is 21.7 Å². The van der Waals surface area contributed by atoms with Gasteiger partial charge in [0.05, 0.1) is 16.2 Å². The van der Waals surface area contributed by atoms with Crippen molar-refractivity contribution in [3.8, 4) is 22.9 Å². The van der Waals surface area contributed by atoms with E-state index >= 15 is 0 Å². The average molecular weight is 616 g/mol. The number of amides is 2. The van der Waals surface area contributed by atoms with E-state index in [-0.39, 0.29) is 16.0 Å². The molecular formula is C27H23F6N3O5S. The second kappa shape index (κ2) is 9.89. The third-order valence-corrected chi connectivity index (χ3v) is 10.0. The first-order valence-electron chi connectivity index (χ1n) is 12.8. The van der Waals surface area contributed by atoms with Gasteiger partial charge in [-0.25, -0.2) is 8.42 Å². The number of benzene rings is 2. The second-order valence-electron chi connectivity index (χ2n) is 10.7. The first kappa shape index (κ1) is 29.7. The van der Waals surface area contributed by atoms with Crippen LogP contribution < -0.4 is 10.1 Å². The number of halogens is 6. The van der Waals surface area contributed by atoms with E-state index in [9.17, 15) is 49.6 Å². The lowest BCUT2D eigenvalue weighted by molar-refractivity contribution is -0.274. The number of rotatable bonds is 7. The van der Waals surface area contributed by atoms with Crippen LogP contribution in [0.15, 0.2) is 53.4 Å². The molecule has 2 saturated carbocycles. The minimum Gasteiger partial charge on any atom is -0.405 e. The molecule has 15 heteroatoms. The highest BCUT2D eigenvalue weighted by molar-refractivity contribution is 7.92. The Morgan fingerprint density at radius 2 is 1.60 bits per heavy atom. The van der Waals surface area contributed by atoms with Crippen LogP contribution in [0.2, 0.25) is 0 Å². The van der Waals surface area contributed by atoms with E-state index in [4.69, 9.17) is 0 Å². The summed E-state index contributed by atoms with van der Waals surface area (Å²) in [7, 11) is -4.34. The topological polar surface area (TPSA) is 117 Å². The third kappa shape index (κ3) is 5.39. The van der Waals surface area contributed by atoms with Gasteiger partial charge in [-0.1, -0.05) is 30.3 Å². The van der Waals surface area contributed by atoms with Crippen LogP contribution >= 0.6 is 0 Å². The molecular weight excluding hydrogens is 592 g/mol. The van der Waals surface area contributed by atoms with E-state index < -0.39 is 88.0 Å². The number of carbonyl (C=O) groups is 2. The summed E-state index contributed by atoms with van der Waals surface area (Å²) < 4.78 is 111. The number of para-hydroxylation sites is 1. The summed E-state index contributed by atoms with van der Waals surface area (Å²) in [6.07, 6.45) is -10.7. The number of hydrogen-bond donors (Lipinski definition) is 1. The molecule has 1 saturated heterocycles. The van der Waals surface area contributed by atoms with Gasteiger partial charge < -0.3 is 15.0 Å². The average Bonchev–Trinajstić information content (AvgIpc) is 3.84. The third-order valence-electron chi connectivity index (χ3n) is 7.90. The standard InChI is InChI=1S/C27H23F6N3O5S/c28-26(29,30)25(11-12-25)23(38)36-14-18(13-20(36)22(37)35-24(15-34)9-10-24)42(39,40)17-7-5-16(6-8-17)19-3-1-2-4-21(19)41-27(31,32)33/h1-8,18,20H,9-14H2,(H,35,37)/t18-,20+/m1/s1. The van der Waals surface area contributed by atoms with Gasteiger partial charge in [0, 0.05) is 12.1 Å². The predicted molar refractivity (Wildman–Crippen MR) is 133 cm³/mol. The lowest BCUT2D eigenvalue weighted by Crippen LogP contribution is -2.53. The van der Waals surface area contributed by atoms with Crippen LogP contribution in [0.1, 0.15) is 32.1 Å². The zero-order valence-corrected chi connectivity index (χ0v) is 22.4. The number of nitriles is 1. The molecule has 1 aliphatic heterocycles. The molecule has 0 bridgehead atoms. The lowest BCUT2D eigenvalue weighted by Gasteiger charge is -2.29. The first-order valence-corrected chi connectivity index (χ1v) is 14.4. The molecule has 2 atom stereocenters. The Bertz CT molecular complexity index is 1560. The quantitative estimate of drug-likeness (QED) is 0.459. The van der Waals surface area contributed by atoms with Crippen molar-refractivity contribution in [3.63, 3.8) is 0 Å². The molecule has 8 nitrogen and oxygen atoms in total. The van der Waals surface area contributed by atoms with Crippen molar-refractivity contribution in [2.75, 3.05) is 6.54 Å². The minimum atomic E-state index is -4.97. The molecule has 3 fully saturated rings. The highest BCUT2D eigenvalue weighted by atomic mass is 32.2. The fourth-order valence-corrected chi connectivity index (χ4v) is 6.85. The zero-order valence-electron chi connectivity index (χ0n) is 21.6. The van der Waals surface area contributed by atoms with Crippen molar-refractivity contribution in [3.05, 3.63) is 48.5 Å². The molecule has 3 aliphatic rings. The SMILES string of the molecule is N#CC1(NC(=O)[C@@H]2C[C@@H](S(=O)(=O)c3ccc(-c4ccccc4OC(F)(F)F)cc3)CN2C(=O)C2(C(F)(F)F)CC2)CC1. The molecule has 0 radical (unpaired) electrons. The molecule has 1 N–H and O–H groups in total. The molecule has 2 aromatic rings. The Morgan fingerprint density at radius 3 is 2.12 bits per heavy atom. The van der Waals surface area contributed by atoms with Crippen molar-refractivity contribution in [2.24, 2.45) is 5.41 Å². The van der Waals surface area contributed by atoms with Crippen LogP contribution in [0, 0.1) is 16.7 Å². The second-order valence-corrected chi connectivity index (χ2v) is 12.9. The maximum absolute atomic E-state index is 13.8. The van der Waals surface area contributed by atoms with Gasteiger partial charge in [-0.3, -0.25) is 9.59 Å². The Hall–Kier alpha value is -3.80. The summed E-state index contributed by atoms with van der Waals surface area (Å²) >= 11 is 0. The lowest BCUT2D eigenvalue weighted by atomic mass is 10.0. The first-order chi connectivity index (χ1) is 19.5. The molecule has 0 spiro atoms. The molecule has 2 amide bonds. The van der Waals surface area contributed by atoms with Gasteiger partial charge in [-0.05, 0) is 55.9 Å². The van der Waals surface area contributed by atoms with Crippen LogP contribution in [-0.2, 0) is 19.4 Å². The molecule has 1 heterocycles. The number of carbonyl (C=O) groups excluding carboxylic acids is 2. The summed E-state index contributed by atoms with van der Waals surface area (Å²) in [5.74, 6) is -2.80. The molecule has 2 aromatic carbocycles. The van der Waals surface area contributed by atoms with E-state index in [0.717, 1.165) is 18.2 Å². The van der Waals surface area contributed by atoms with E-state index in [0.29, 0.717) is 17.7 Å². The molecule has 0 aromatic heterocycles. The van der Waals surface area contributed by atoms with Crippen LogP contribution in [0.25, 0.3) is 11.1 Å². The maximum Gasteiger partial charge on any atom is 0.573 e. The van der Waals surface area contributed by atoms with Gasteiger partial charge >= 0.3 is 12.5 Å². The Kier molecular flexibility index (Phi) is 6.99. The summed E-state index contributed by atoms with van der Waals surface area (Å²) in [5.41, 5.74) is -3.67. The number of ether oxygens (including phenoxy) is 1. The van der Waals surface area contributed by atoms with Crippen molar-refractivity contribution in [1.82, 2.24) is 10.2 Å². The monoisotopic (exact) mass is 615 g/mol. The molecule has 5 rings (SSSR count). The Morgan fingerprint density at radius 1 is 0.976 bits per heavy atom. The number of alkyl halides is 6. The predicted octanol–water partition coefficient (Wildman–Crippen LogP) is 4.51. The van der Waals surface area contributed by atoms with Gasteiger partial charge in [0.15, 0.2) is 9.84 Å². The minimum absolute atomic E-state index is 0.0292. The van der Waals surface area contributed by atoms with E-state index in [1.165, 1.54) is 30.3 Å². The van der Waals surface area contributed by atoms with E-state index in [2.05, 4.69) is 10.1 Å². The molecule has 2 aliphatic carbocycles. The number of nitrogens with one attached hydrogen (secondary N) is 1. The van der Waals surface area contributed by atoms with Crippen LogP contribution in [-0.4, -0.2) is 61.0 Å². The van der Waals surface area contributed by atoms with Gasteiger partial charge in [0.25, 0.3) is 0 Å². The van der Waals surface area contributed by atoms with Crippen molar-refractivity contribution < 1.29 is 49.1 Å². The smallest absolute Gasteiger partial charge is 0.405 e. The molecule has 224 valence electrons. The van der Waals surface area contributed by atoms with Crippen molar-refractivity contribution in [2.45, 2.75) is 66.4 Å². The number of hydrogen-bond acceptors (Lipinski definition) is 6. The fourth-order valence-electron chi connectivity index (χ4n) is 5.16. The highest BCUT2D eigenvalue weighted by Crippen LogP contribution is 2.59. The largest absolute Gasteiger partial charge is 0.573 e. The zero-order chi connectivity index (χ0) is 30.7. The summed E-state index contributed by atoms with van der Waals surface area (Å²) in [4.78, 5) is 26.6. The van der Waals surface area contributed by atoms with Crippen LogP contribution in [0.4, 0.5) is 26.3 Å². The van der Waals surface area contributed by atoms with Gasteiger partial charge in [-0.15, -0.1) is 13.2 Å². The van der Waals surface area contributed by atoms with Crippen molar-refractivity contribution in [1.29, 1.82) is 5.26 Å². The normalized spacial score (nSPS) is 22.6. The fraction of sp³-hybridized carbons (Fsp3) is 0.444. The number of likely N-dealkylation sites (tertiary alicyclic amines) is 1. The summed E-state index contributed by atoms with van der Waals surface area (Å²) in [5, 5.41) is 10.3. The van der Waals surface area contributed by atoms with E-state index in [1.54, 1.807) is 0 Å². The summed E-state index contributed by atoms with van der Waals surface area (Å²) in [6, 6.07) is 10.3.